The van der Waals surface area contributed by atoms with Gasteiger partial charge in [0, 0.05) is 41.8 Å². The van der Waals surface area contributed by atoms with Crippen molar-refractivity contribution in [2.45, 2.75) is 39.5 Å². The smallest absolute Gasteiger partial charge is 0.0735 e. The molecule has 0 radical (unpaired) electrons. The molecule has 4 heterocycles. The van der Waals surface area contributed by atoms with Gasteiger partial charge in [-0.05, 0) is 47.6 Å². The molecule has 0 atom stereocenters. The molecule has 4 nitrogen and oxygen atoms in total. The van der Waals surface area contributed by atoms with Gasteiger partial charge in [-0.2, -0.15) is 0 Å². The largest absolute Gasteiger partial charge is 0.264 e. The van der Waals surface area contributed by atoms with Crippen molar-refractivity contribution >= 4 is 21.7 Å². The summed E-state index contributed by atoms with van der Waals surface area (Å²) in [5, 5.41) is 3.55. The van der Waals surface area contributed by atoms with E-state index in [0.29, 0.717) is 11.8 Å². The molecule has 0 aliphatic rings. The number of fused-ring (bicyclic) bond motifs is 2. The molecule has 0 unspecified atom stereocenters. The van der Waals surface area contributed by atoms with E-state index in [0.717, 1.165) is 16.9 Å². The predicted octanol–water partition coefficient (Wildman–Crippen LogP) is 5.51. The Morgan fingerprint density at radius 3 is 2.04 bits per heavy atom. The first-order valence-corrected chi connectivity index (χ1v) is 8.96. The summed E-state index contributed by atoms with van der Waals surface area (Å²) in [6.07, 6.45) is 9.19. The second-order valence-corrected chi connectivity index (χ2v) is 6.87. The average molecular weight is 344 g/mol. The molecule has 26 heavy (non-hydrogen) atoms. The van der Waals surface area contributed by atoms with Gasteiger partial charge in [-0.3, -0.25) is 19.9 Å². The zero-order valence-electron chi connectivity index (χ0n) is 15.7. The monoisotopic (exact) mass is 344 g/mol. The maximum atomic E-state index is 4.37. The summed E-state index contributed by atoms with van der Waals surface area (Å²) in [7, 11) is 0. The highest BCUT2D eigenvalue weighted by atomic mass is 14.7. The van der Waals surface area contributed by atoms with Crippen LogP contribution < -0.4 is 0 Å². The summed E-state index contributed by atoms with van der Waals surface area (Å²) >= 11 is 0. The van der Waals surface area contributed by atoms with E-state index in [4.69, 9.17) is 0 Å². The van der Waals surface area contributed by atoms with E-state index in [2.05, 4.69) is 53.7 Å². The molecule has 4 heteroatoms. The predicted molar refractivity (Wildman–Crippen MR) is 107 cm³/mol. The molecule has 4 rings (SSSR count). The number of aromatic nitrogens is 4. The summed E-state index contributed by atoms with van der Waals surface area (Å²) in [5.41, 5.74) is 3.29. The molecule has 0 fully saturated rings. The Kier molecular flexibility index (Phi) is 5.52. The minimum absolute atomic E-state index is 0.452. The molecule has 0 aliphatic heterocycles. The third kappa shape index (κ3) is 3.85. The summed E-state index contributed by atoms with van der Waals surface area (Å²) in [6.45, 7) is 8.59. The van der Waals surface area contributed by atoms with Gasteiger partial charge in [0.05, 0.1) is 16.9 Å². The van der Waals surface area contributed by atoms with E-state index in [9.17, 15) is 0 Å². The summed E-state index contributed by atoms with van der Waals surface area (Å²) in [6, 6.07) is 10.0. The van der Waals surface area contributed by atoms with Crippen molar-refractivity contribution in [1.82, 2.24) is 19.9 Å². The SMILES string of the molecule is CC(C)c1nccc2ccncc12.CC(C)c1nccc2ncccc12. The van der Waals surface area contributed by atoms with Crippen LogP contribution in [0.15, 0.2) is 61.3 Å². The molecular formula is C22H24N4. The molecule has 0 saturated heterocycles. The lowest BCUT2D eigenvalue weighted by Crippen LogP contribution is -1.94. The van der Waals surface area contributed by atoms with E-state index < -0.39 is 0 Å². The van der Waals surface area contributed by atoms with Crippen molar-refractivity contribution in [3.8, 4) is 0 Å². The third-order valence-electron chi connectivity index (χ3n) is 4.25. The van der Waals surface area contributed by atoms with Gasteiger partial charge in [0.15, 0.2) is 0 Å². The van der Waals surface area contributed by atoms with Gasteiger partial charge < -0.3 is 0 Å². The van der Waals surface area contributed by atoms with Gasteiger partial charge in [0.25, 0.3) is 0 Å². The van der Waals surface area contributed by atoms with Crippen LogP contribution in [0.4, 0.5) is 0 Å². The molecule has 0 N–H and O–H groups in total. The highest BCUT2D eigenvalue weighted by Gasteiger charge is 2.06. The summed E-state index contributed by atoms with van der Waals surface area (Å²) in [4.78, 5) is 17.1. The molecule has 0 aliphatic carbocycles. The Balaban J connectivity index is 0.000000151. The van der Waals surface area contributed by atoms with Crippen LogP contribution in [-0.2, 0) is 0 Å². The van der Waals surface area contributed by atoms with Crippen LogP contribution in [0.5, 0.6) is 0 Å². The lowest BCUT2D eigenvalue weighted by atomic mass is 10.0. The van der Waals surface area contributed by atoms with Gasteiger partial charge in [0.2, 0.25) is 0 Å². The molecule has 4 aromatic rings. The fraction of sp³-hybridized carbons (Fsp3) is 0.273. The second-order valence-electron chi connectivity index (χ2n) is 6.87. The first-order valence-electron chi connectivity index (χ1n) is 8.96. The molecular weight excluding hydrogens is 320 g/mol. The Labute approximate surface area is 154 Å². The highest BCUT2D eigenvalue weighted by molar-refractivity contribution is 5.83. The normalized spacial score (nSPS) is 11.0. The third-order valence-corrected chi connectivity index (χ3v) is 4.25. The van der Waals surface area contributed by atoms with Crippen LogP contribution in [0.25, 0.3) is 21.7 Å². The van der Waals surface area contributed by atoms with Crippen molar-refractivity contribution < 1.29 is 0 Å². The molecule has 0 spiro atoms. The van der Waals surface area contributed by atoms with Crippen LogP contribution in [-0.4, -0.2) is 19.9 Å². The number of pyridine rings is 4. The molecule has 132 valence electrons. The van der Waals surface area contributed by atoms with Crippen LogP contribution >= 0.6 is 0 Å². The number of hydrogen-bond acceptors (Lipinski definition) is 4. The van der Waals surface area contributed by atoms with E-state index in [1.807, 2.05) is 55.2 Å². The van der Waals surface area contributed by atoms with E-state index in [1.54, 1.807) is 0 Å². The highest BCUT2D eigenvalue weighted by Crippen LogP contribution is 2.22. The topological polar surface area (TPSA) is 51.6 Å². The first kappa shape index (κ1) is 17.9. The fourth-order valence-electron chi connectivity index (χ4n) is 2.98. The first-order chi connectivity index (χ1) is 12.6. The quantitative estimate of drug-likeness (QED) is 0.481. The van der Waals surface area contributed by atoms with Crippen molar-refractivity contribution in [2.24, 2.45) is 0 Å². The van der Waals surface area contributed by atoms with E-state index in [1.165, 1.54) is 16.2 Å². The molecule has 0 aromatic carbocycles. The maximum Gasteiger partial charge on any atom is 0.0735 e. The Morgan fingerprint density at radius 2 is 1.31 bits per heavy atom. The number of hydrogen-bond donors (Lipinski definition) is 0. The standard InChI is InChI=1S/2C11H12N2/c1-8(2)11-10-7-12-5-3-9(10)4-6-13-11;1-8(2)11-9-4-3-6-12-10(9)5-7-13-11/h2*3-8H,1-2H3. The summed E-state index contributed by atoms with van der Waals surface area (Å²) in [5.74, 6) is 0.904. The summed E-state index contributed by atoms with van der Waals surface area (Å²) < 4.78 is 0. The maximum absolute atomic E-state index is 4.37. The Morgan fingerprint density at radius 1 is 0.654 bits per heavy atom. The minimum atomic E-state index is 0.452. The van der Waals surface area contributed by atoms with E-state index >= 15 is 0 Å². The van der Waals surface area contributed by atoms with Gasteiger partial charge in [0.1, 0.15) is 0 Å². The Bertz CT molecular complexity index is 915. The van der Waals surface area contributed by atoms with Crippen molar-refractivity contribution in [2.75, 3.05) is 0 Å². The Hall–Kier alpha value is -2.88. The van der Waals surface area contributed by atoms with Gasteiger partial charge in [-0.15, -0.1) is 0 Å². The van der Waals surface area contributed by atoms with Gasteiger partial charge in [-0.1, -0.05) is 27.7 Å². The fourth-order valence-corrected chi connectivity index (χ4v) is 2.98. The zero-order chi connectivity index (χ0) is 18.5. The molecule has 4 aromatic heterocycles. The van der Waals surface area contributed by atoms with Crippen LogP contribution in [0.1, 0.15) is 50.9 Å². The van der Waals surface area contributed by atoms with Gasteiger partial charge >= 0.3 is 0 Å². The van der Waals surface area contributed by atoms with Crippen LogP contribution in [0, 0.1) is 0 Å². The molecule has 0 saturated carbocycles. The molecule has 0 bridgehead atoms. The van der Waals surface area contributed by atoms with Crippen LogP contribution in [0.2, 0.25) is 0 Å². The zero-order valence-corrected chi connectivity index (χ0v) is 15.7. The van der Waals surface area contributed by atoms with E-state index in [-0.39, 0.29) is 0 Å². The lowest BCUT2D eigenvalue weighted by molar-refractivity contribution is 0.834. The van der Waals surface area contributed by atoms with Crippen molar-refractivity contribution in [1.29, 1.82) is 0 Å². The number of rotatable bonds is 2. The second kappa shape index (κ2) is 8.00. The average Bonchev–Trinajstić information content (AvgIpc) is 2.67. The molecule has 0 amide bonds. The van der Waals surface area contributed by atoms with Crippen LogP contribution in [0.3, 0.4) is 0 Å². The number of nitrogens with zero attached hydrogens (tertiary/aromatic N) is 4. The minimum Gasteiger partial charge on any atom is -0.264 e. The van der Waals surface area contributed by atoms with Crippen molar-refractivity contribution in [3.05, 3.63) is 72.7 Å². The lowest BCUT2D eigenvalue weighted by Gasteiger charge is -2.07. The van der Waals surface area contributed by atoms with Crippen molar-refractivity contribution in [3.63, 3.8) is 0 Å². The van der Waals surface area contributed by atoms with Gasteiger partial charge in [-0.25, -0.2) is 0 Å².